The van der Waals surface area contributed by atoms with Crippen molar-refractivity contribution in [3.63, 3.8) is 0 Å². The lowest BCUT2D eigenvalue weighted by atomic mass is 9.87. The highest BCUT2D eigenvalue weighted by Gasteiger charge is 2.25. The van der Waals surface area contributed by atoms with Crippen LogP contribution in [0.25, 0.3) is 27.9 Å². The Labute approximate surface area is 189 Å². The minimum atomic E-state index is -0.631. The third kappa shape index (κ3) is 4.05. The van der Waals surface area contributed by atoms with Crippen LogP contribution in [-0.4, -0.2) is 54.6 Å². The molecule has 0 saturated carbocycles. The zero-order chi connectivity index (χ0) is 22.5. The molecule has 1 aliphatic rings. The van der Waals surface area contributed by atoms with Gasteiger partial charge in [0.05, 0.1) is 11.3 Å². The summed E-state index contributed by atoms with van der Waals surface area (Å²) in [7, 11) is 0. The van der Waals surface area contributed by atoms with Gasteiger partial charge in [-0.2, -0.15) is 0 Å². The van der Waals surface area contributed by atoms with E-state index in [-0.39, 0.29) is 0 Å². The van der Waals surface area contributed by atoms with Crippen molar-refractivity contribution < 1.29 is 5.11 Å². The smallest absolute Gasteiger partial charge is 0.233 e. The maximum atomic E-state index is 10.1. The molecule has 0 aliphatic carbocycles. The molecule has 3 aromatic heterocycles. The van der Waals surface area contributed by atoms with Crippen LogP contribution in [0.15, 0.2) is 43.0 Å². The van der Waals surface area contributed by atoms with E-state index in [2.05, 4.69) is 58.1 Å². The van der Waals surface area contributed by atoms with Gasteiger partial charge in [-0.15, -0.1) is 0 Å². The third-order valence-electron chi connectivity index (χ3n) is 6.64. The molecule has 4 aromatic rings. The second-order valence-electron chi connectivity index (χ2n) is 10.2. The van der Waals surface area contributed by atoms with E-state index < -0.39 is 5.60 Å². The van der Waals surface area contributed by atoms with Crippen molar-refractivity contribution in [1.29, 1.82) is 0 Å². The molecule has 1 fully saturated rings. The van der Waals surface area contributed by atoms with Crippen LogP contribution in [0.3, 0.4) is 0 Å². The molecule has 0 spiro atoms. The summed E-state index contributed by atoms with van der Waals surface area (Å²) in [6, 6.07) is 6.94. The molecule has 6 heteroatoms. The number of H-pyrrole nitrogens is 1. The van der Waals surface area contributed by atoms with Crippen LogP contribution in [0.5, 0.6) is 0 Å². The molecular weight excluding hydrogens is 398 g/mol. The Kier molecular flexibility index (Phi) is 5.30. The number of piperidine rings is 1. The number of fused-ring (bicyclic) bond motifs is 2. The Bertz CT molecular complexity index is 1240. The van der Waals surface area contributed by atoms with Gasteiger partial charge < -0.3 is 15.0 Å². The number of nitrogens with zero attached hydrogens (tertiary/aromatic N) is 4. The van der Waals surface area contributed by atoms with E-state index in [9.17, 15) is 5.11 Å². The molecular formula is C26H33N5O. The minimum Gasteiger partial charge on any atom is -0.389 e. The molecule has 6 nitrogen and oxygen atoms in total. The average Bonchev–Trinajstić information content (AvgIpc) is 3.36. The van der Waals surface area contributed by atoms with Gasteiger partial charge in [0.1, 0.15) is 0 Å². The number of likely N-dealkylation sites (tertiary alicyclic amines) is 1. The summed E-state index contributed by atoms with van der Waals surface area (Å²) >= 11 is 0. The molecule has 4 heterocycles. The zero-order valence-corrected chi connectivity index (χ0v) is 19.5. The van der Waals surface area contributed by atoms with Crippen LogP contribution in [0, 0.1) is 0 Å². The fourth-order valence-corrected chi connectivity index (χ4v) is 5.23. The van der Waals surface area contributed by atoms with Crippen molar-refractivity contribution >= 4 is 16.7 Å². The molecule has 168 valence electrons. The number of imidazole rings is 1. The van der Waals surface area contributed by atoms with E-state index in [4.69, 9.17) is 0 Å². The molecule has 32 heavy (non-hydrogen) atoms. The Hall–Kier alpha value is -2.70. The lowest BCUT2D eigenvalue weighted by molar-refractivity contribution is 0.0282. The number of aromatic amines is 1. The Morgan fingerprint density at radius 3 is 2.69 bits per heavy atom. The number of rotatable bonds is 5. The number of aliphatic hydroxyl groups is 1. The number of β-amino-alcohol motifs (C(OH)–C–C–N with tert-alkyl or cyclic N) is 1. The molecule has 5 rings (SSSR count). The topological polar surface area (TPSA) is 69.5 Å². The first-order chi connectivity index (χ1) is 15.3. The molecule has 0 bridgehead atoms. The molecule has 0 atom stereocenters. The summed E-state index contributed by atoms with van der Waals surface area (Å²) in [5.74, 6) is 1.68. The summed E-state index contributed by atoms with van der Waals surface area (Å²) in [5.41, 5.74) is 5.55. The van der Waals surface area contributed by atoms with Crippen LogP contribution in [0.1, 0.15) is 63.5 Å². The van der Waals surface area contributed by atoms with Crippen molar-refractivity contribution in [2.45, 2.75) is 58.0 Å². The van der Waals surface area contributed by atoms with E-state index in [1.165, 1.54) is 22.0 Å². The number of aromatic nitrogens is 4. The van der Waals surface area contributed by atoms with Crippen molar-refractivity contribution in [3.05, 3.63) is 54.1 Å². The SMILES string of the molecule is CC(C)c1c(-c2cnc3nccn3c2)[nH]c2ccc(C3CCN(CC(C)(C)O)CC3)cc12. The summed E-state index contributed by atoms with van der Waals surface area (Å²) < 4.78 is 1.97. The highest BCUT2D eigenvalue weighted by Crippen LogP contribution is 2.38. The zero-order valence-electron chi connectivity index (χ0n) is 19.5. The minimum absolute atomic E-state index is 0.390. The summed E-state index contributed by atoms with van der Waals surface area (Å²) in [6.07, 6.45) is 10.0. The molecule has 1 aliphatic heterocycles. The summed E-state index contributed by atoms with van der Waals surface area (Å²) in [6.45, 7) is 11.1. The Morgan fingerprint density at radius 1 is 1.19 bits per heavy atom. The maximum Gasteiger partial charge on any atom is 0.233 e. The van der Waals surface area contributed by atoms with E-state index in [1.54, 1.807) is 6.20 Å². The van der Waals surface area contributed by atoms with Gasteiger partial charge in [0.25, 0.3) is 0 Å². The first kappa shape index (κ1) is 21.2. The van der Waals surface area contributed by atoms with Crippen LogP contribution in [0.4, 0.5) is 0 Å². The van der Waals surface area contributed by atoms with Gasteiger partial charge in [-0.05, 0) is 74.9 Å². The predicted octanol–water partition coefficient (Wildman–Crippen LogP) is 4.95. The van der Waals surface area contributed by atoms with E-state index >= 15 is 0 Å². The lowest BCUT2D eigenvalue weighted by Crippen LogP contribution is -2.42. The van der Waals surface area contributed by atoms with Gasteiger partial charge in [0.15, 0.2) is 0 Å². The van der Waals surface area contributed by atoms with Gasteiger partial charge in [-0.25, -0.2) is 9.97 Å². The first-order valence-corrected chi connectivity index (χ1v) is 11.7. The lowest BCUT2D eigenvalue weighted by Gasteiger charge is -2.35. The second kappa shape index (κ2) is 8.01. The van der Waals surface area contributed by atoms with Gasteiger partial charge in [0.2, 0.25) is 5.78 Å². The van der Waals surface area contributed by atoms with Gasteiger partial charge in [-0.3, -0.25) is 4.40 Å². The van der Waals surface area contributed by atoms with Crippen molar-refractivity contribution in [3.8, 4) is 11.3 Å². The van der Waals surface area contributed by atoms with E-state index in [0.717, 1.165) is 43.7 Å². The fourth-order valence-electron chi connectivity index (χ4n) is 5.23. The molecule has 2 N–H and O–H groups in total. The monoisotopic (exact) mass is 431 g/mol. The molecule has 0 radical (unpaired) electrons. The predicted molar refractivity (Wildman–Crippen MR) is 129 cm³/mol. The third-order valence-corrected chi connectivity index (χ3v) is 6.64. The summed E-state index contributed by atoms with van der Waals surface area (Å²) in [4.78, 5) is 14.9. The highest BCUT2D eigenvalue weighted by molar-refractivity contribution is 5.91. The van der Waals surface area contributed by atoms with Crippen molar-refractivity contribution in [1.82, 2.24) is 24.3 Å². The maximum absolute atomic E-state index is 10.1. The molecule has 0 amide bonds. The highest BCUT2D eigenvalue weighted by atomic mass is 16.3. The van der Waals surface area contributed by atoms with E-state index in [0.29, 0.717) is 17.6 Å². The number of benzene rings is 1. The fraction of sp³-hybridized carbons (Fsp3) is 0.462. The average molecular weight is 432 g/mol. The van der Waals surface area contributed by atoms with Crippen LogP contribution in [0.2, 0.25) is 0 Å². The van der Waals surface area contributed by atoms with E-state index in [1.807, 2.05) is 30.6 Å². The number of nitrogens with one attached hydrogen (secondary N) is 1. The summed E-state index contributed by atoms with van der Waals surface area (Å²) in [5, 5.41) is 11.5. The van der Waals surface area contributed by atoms with Gasteiger partial charge in [0, 0.05) is 47.8 Å². The Morgan fingerprint density at radius 2 is 1.97 bits per heavy atom. The standard InChI is InChI=1S/C26H33N5O/c1-17(2)23-21-13-19(18-7-10-30(11-8-18)16-26(3,4)32)5-6-22(21)29-24(23)20-14-28-25-27-9-12-31(25)15-20/h5-6,9,12-15,17-18,29,32H,7-8,10-11,16H2,1-4H3. The number of hydrogen-bond donors (Lipinski definition) is 2. The molecule has 1 saturated heterocycles. The number of hydrogen-bond acceptors (Lipinski definition) is 4. The molecule has 1 aromatic carbocycles. The van der Waals surface area contributed by atoms with Crippen molar-refractivity contribution in [2.75, 3.05) is 19.6 Å². The largest absolute Gasteiger partial charge is 0.389 e. The molecule has 0 unspecified atom stereocenters. The second-order valence-corrected chi connectivity index (χ2v) is 10.2. The van der Waals surface area contributed by atoms with Gasteiger partial charge >= 0.3 is 0 Å². The quantitative estimate of drug-likeness (QED) is 0.469. The van der Waals surface area contributed by atoms with Crippen LogP contribution < -0.4 is 0 Å². The van der Waals surface area contributed by atoms with Crippen molar-refractivity contribution in [2.24, 2.45) is 0 Å². The first-order valence-electron chi connectivity index (χ1n) is 11.7. The van der Waals surface area contributed by atoms with Crippen LogP contribution >= 0.6 is 0 Å². The Balaban J connectivity index is 1.47. The normalized spacial score (nSPS) is 16.6. The van der Waals surface area contributed by atoms with Crippen LogP contribution in [-0.2, 0) is 0 Å². The van der Waals surface area contributed by atoms with Gasteiger partial charge in [-0.1, -0.05) is 19.9 Å².